The average molecular weight is 447 g/mol. The smallest absolute Gasteiger partial charge is 2.00 e. The third-order valence-electron chi connectivity index (χ3n) is 0. The molecule has 0 aliphatic rings. The summed E-state index contributed by atoms with van der Waals surface area (Å²) in [6.07, 6.45) is 0. The van der Waals surface area contributed by atoms with Crippen molar-refractivity contribution in [3.05, 3.63) is 0 Å². The largest absolute Gasteiger partial charge is 2.00 e. The second kappa shape index (κ2) is 39.4. The Kier molecular flexibility index (Phi) is 372. The van der Waals surface area contributed by atoms with E-state index in [0.29, 0.717) is 0 Å². The fourth-order valence-corrected chi connectivity index (χ4v) is 0. The molecule has 0 heterocycles. The van der Waals surface area contributed by atoms with Crippen molar-refractivity contribution in [2.75, 3.05) is 0 Å². The molecule has 0 unspecified atom stereocenters. The van der Waals surface area contributed by atoms with Gasteiger partial charge >= 0.3 is 60.3 Å². The third kappa shape index (κ3) is 26.0. The van der Waals surface area contributed by atoms with Gasteiger partial charge in [-0.05, 0) is 0 Å². The Hall–Kier alpha value is 3.45. The first-order valence-electron chi connectivity index (χ1n) is 0. The summed E-state index contributed by atoms with van der Waals surface area (Å²) >= 11 is 0. The van der Waals surface area contributed by atoms with Crippen molar-refractivity contribution >= 4 is 64.7 Å². The van der Waals surface area contributed by atoms with Crippen molar-refractivity contribution in [2.45, 2.75) is 0 Å². The minimum absolute atomic E-state index is 0. The Balaban J connectivity index is 0. The van der Waals surface area contributed by atoms with Crippen LogP contribution in [0.15, 0.2) is 0 Å². The number of hydrogen-bond donors (Lipinski definition) is 0. The van der Waals surface area contributed by atoms with E-state index in [1.807, 2.05) is 0 Å². The van der Waals surface area contributed by atoms with Crippen LogP contribution in [0.1, 0.15) is 0 Å². The quantitative estimate of drug-likeness (QED) is 0.412. The summed E-state index contributed by atoms with van der Waals surface area (Å²) in [7, 11) is 0. The molecule has 0 aromatic heterocycles. The van der Waals surface area contributed by atoms with Crippen molar-refractivity contribution in [1.29, 1.82) is 0 Å². The maximum absolute atomic E-state index is 0. The normalized spacial score (nSPS) is 0. The Morgan fingerprint density at radius 2 is 0.667 bits per heavy atom. The van der Waals surface area contributed by atoms with E-state index in [1.165, 1.54) is 0 Å². The van der Waals surface area contributed by atoms with Crippen molar-refractivity contribution in [3.8, 4) is 0 Å². The molecule has 0 saturated carbocycles. The van der Waals surface area contributed by atoms with E-state index in [1.54, 1.807) is 0 Å². The second-order valence-corrected chi connectivity index (χ2v) is 0. The standard InChI is InChI=1S/Cd.S.3Se.Zn/q2*+2;3*-2;+2. The van der Waals surface area contributed by atoms with E-state index in [0.717, 1.165) is 0 Å². The molecule has 0 nitrogen and oxygen atoms in total. The van der Waals surface area contributed by atoms with Gasteiger partial charge < -0.3 is 51.2 Å². The Labute approximate surface area is 110 Å². The van der Waals surface area contributed by atoms with Gasteiger partial charge in [0, 0.05) is 0 Å². The fraction of sp³-hybridized carbons (Fsp3) is 0. The van der Waals surface area contributed by atoms with Gasteiger partial charge in [0.15, 0.2) is 0 Å². The first-order valence-corrected chi connectivity index (χ1v) is 0. The molecule has 0 aliphatic heterocycles. The van der Waals surface area contributed by atoms with Crippen LogP contribution in [-0.2, 0) is 60.3 Å². The first kappa shape index (κ1) is 56.6. The van der Waals surface area contributed by atoms with Gasteiger partial charge in [0.1, 0.15) is 0 Å². The molecule has 0 aromatic carbocycles. The molecule has 0 atom stereocenters. The zero-order valence-electron chi connectivity index (χ0n) is 3.05. The first-order chi connectivity index (χ1) is 0. The third-order valence-corrected chi connectivity index (χ3v) is 0. The van der Waals surface area contributed by atoms with Crippen LogP contribution in [0.4, 0.5) is 0 Å². The summed E-state index contributed by atoms with van der Waals surface area (Å²) in [6, 6.07) is 0. The molecule has 4 radical (unpaired) electrons. The number of rotatable bonds is 0. The summed E-state index contributed by atoms with van der Waals surface area (Å²) in [5, 5.41) is 0. The predicted molar refractivity (Wildman–Crippen MR) is 24.6 cm³/mol. The van der Waals surface area contributed by atoms with Crippen LogP contribution >= 0.6 is 0 Å². The summed E-state index contributed by atoms with van der Waals surface area (Å²) in [4.78, 5) is 0. The van der Waals surface area contributed by atoms with E-state index >= 15 is 0 Å². The predicted octanol–water partition coefficient (Wildman–Crippen LogP) is -1.15. The molecule has 0 aromatic rings. The molecule has 0 fully saturated rings. The van der Waals surface area contributed by atoms with Gasteiger partial charge in [-0.3, -0.25) is 0 Å². The van der Waals surface area contributed by atoms with Crippen molar-refractivity contribution in [2.24, 2.45) is 0 Å². The van der Waals surface area contributed by atoms with Gasteiger partial charge in [-0.1, -0.05) is 0 Å². The van der Waals surface area contributed by atoms with Crippen molar-refractivity contribution < 1.29 is 46.8 Å². The number of hydrogen-bond acceptors (Lipinski definition) is 0. The zero-order chi connectivity index (χ0) is 0. The Morgan fingerprint density at radius 1 is 0.667 bits per heavy atom. The molecule has 0 amide bonds. The van der Waals surface area contributed by atoms with Gasteiger partial charge in [0.25, 0.3) is 0 Å². The molecule has 0 spiro atoms. The maximum Gasteiger partial charge on any atom is 2.00 e. The zero-order valence-corrected chi connectivity index (χ0v) is 16.0. The van der Waals surface area contributed by atoms with E-state index < -0.39 is 0 Å². The van der Waals surface area contributed by atoms with E-state index in [-0.39, 0.29) is 111 Å². The van der Waals surface area contributed by atoms with Crippen LogP contribution in [0.25, 0.3) is 0 Å². The topological polar surface area (TPSA) is 0 Å². The average Bonchev–Trinajstić information content (AvgIpc) is 0. The monoisotopic (exact) mass is 450 g/mol. The van der Waals surface area contributed by atoms with Crippen molar-refractivity contribution in [3.63, 3.8) is 0 Å². The van der Waals surface area contributed by atoms with Crippen LogP contribution in [0.2, 0.25) is 0 Å². The van der Waals surface area contributed by atoms with E-state index in [4.69, 9.17) is 0 Å². The van der Waals surface area contributed by atoms with Gasteiger partial charge in [-0.15, -0.1) is 0 Å². The maximum atomic E-state index is 0. The minimum Gasteiger partial charge on any atom is -2.00 e. The SMILES string of the molecule is [Cd+2].[S+2].[Se-2].[Se-2].[Se-2].[Zn+2]. The molecule has 28 valence electrons. The molecule has 0 N–H and O–H groups in total. The molecule has 0 aliphatic carbocycles. The minimum atomic E-state index is 0. The van der Waals surface area contributed by atoms with Gasteiger partial charge in [-0.25, -0.2) is 0 Å². The molecule has 0 bridgehead atoms. The Bertz CT molecular complexity index is 10.8. The summed E-state index contributed by atoms with van der Waals surface area (Å²) < 4.78 is 0. The van der Waals surface area contributed by atoms with E-state index in [9.17, 15) is 0 Å². The molecule has 0 rings (SSSR count). The molecular weight excluding hydrogens is 447 g/mol. The molecule has 6 heavy (non-hydrogen) atoms. The van der Waals surface area contributed by atoms with Crippen LogP contribution in [-0.4, -0.2) is 51.2 Å². The van der Waals surface area contributed by atoms with Gasteiger partial charge in [0.05, 0.1) is 0 Å². The van der Waals surface area contributed by atoms with Crippen molar-refractivity contribution in [1.82, 2.24) is 0 Å². The summed E-state index contributed by atoms with van der Waals surface area (Å²) in [5.74, 6) is 0. The molecule has 6 heteroatoms. The summed E-state index contributed by atoms with van der Waals surface area (Å²) in [6.45, 7) is 0. The molecular formula is CdSSe3Zn. The van der Waals surface area contributed by atoms with Gasteiger partial charge in [0.2, 0.25) is 0 Å². The van der Waals surface area contributed by atoms with Crippen LogP contribution in [0, 0.1) is 0 Å². The van der Waals surface area contributed by atoms with Crippen LogP contribution < -0.4 is 0 Å². The van der Waals surface area contributed by atoms with E-state index in [2.05, 4.69) is 0 Å². The second-order valence-electron chi connectivity index (χ2n) is 0. The Morgan fingerprint density at radius 3 is 0.667 bits per heavy atom. The molecule has 0 saturated heterocycles. The fourth-order valence-electron chi connectivity index (χ4n) is 0. The summed E-state index contributed by atoms with van der Waals surface area (Å²) in [5.41, 5.74) is 0. The van der Waals surface area contributed by atoms with Crippen LogP contribution in [0.3, 0.4) is 0 Å². The van der Waals surface area contributed by atoms with Crippen LogP contribution in [0.5, 0.6) is 0 Å². The van der Waals surface area contributed by atoms with Gasteiger partial charge in [-0.2, -0.15) is 0 Å².